The van der Waals surface area contributed by atoms with Crippen LogP contribution in [0.1, 0.15) is 82.8 Å². The number of hydrogen-bond acceptors (Lipinski definition) is 10. The standard InChI is InChI=1S/C42H56N4O6/c1-6-8-10-15-22-46(23-16-11-9-7-2)24-17-25-51-38-28-34-35(29-37(38)48-3)43-31-44-42(34)45-36-26-33(20-21-40(47)50-5)27-39(49-4)41(36)52-30-32-18-13-12-14-19-32/h12-14,18-21,26-29,31H,6-11,15-17,22-25,30H2,1-5H3,(H,43,44,45)/b21-20+. The molecule has 0 amide bonds. The van der Waals surface area contributed by atoms with Crippen molar-refractivity contribution in [2.24, 2.45) is 0 Å². The first-order chi connectivity index (χ1) is 25.5. The third-order valence-corrected chi connectivity index (χ3v) is 8.84. The monoisotopic (exact) mass is 712 g/mol. The predicted octanol–water partition coefficient (Wildman–Crippen LogP) is 9.39. The van der Waals surface area contributed by atoms with E-state index in [1.165, 1.54) is 70.9 Å². The first-order valence-electron chi connectivity index (χ1n) is 18.6. The summed E-state index contributed by atoms with van der Waals surface area (Å²) in [7, 11) is 4.56. The van der Waals surface area contributed by atoms with Crippen LogP contribution < -0.4 is 24.3 Å². The molecule has 0 saturated heterocycles. The number of anilines is 2. The Hall–Kier alpha value is -4.83. The molecule has 1 N–H and O–H groups in total. The number of carbonyl (C=O) groups excluding carboxylic acids is 1. The van der Waals surface area contributed by atoms with Gasteiger partial charge in [0.15, 0.2) is 23.0 Å². The lowest BCUT2D eigenvalue weighted by Gasteiger charge is -2.22. The van der Waals surface area contributed by atoms with Crippen LogP contribution in [0.4, 0.5) is 11.5 Å². The molecule has 280 valence electrons. The molecule has 52 heavy (non-hydrogen) atoms. The van der Waals surface area contributed by atoms with Crippen LogP contribution in [-0.2, 0) is 16.1 Å². The number of hydrogen-bond donors (Lipinski definition) is 1. The normalized spacial score (nSPS) is 11.3. The number of benzene rings is 3. The van der Waals surface area contributed by atoms with Gasteiger partial charge in [-0.1, -0.05) is 82.7 Å². The van der Waals surface area contributed by atoms with Crippen molar-refractivity contribution in [2.45, 2.75) is 78.2 Å². The van der Waals surface area contributed by atoms with Crippen LogP contribution in [0.25, 0.3) is 17.0 Å². The Kier molecular flexibility index (Phi) is 17.0. The van der Waals surface area contributed by atoms with Gasteiger partial charge in [0.1, 0.15) is 18.8 Å². The number of rotatable bonds is 24. The number of unbranched alkanes of at least 4 members (excludes halogenated alkanes) is 6. The Morgan fingerprint density at radius 1 is 0.769 bits per heavy atom. The molecule has 0 bridgehead atoms. The second kappa shape index (κ2) is 22.2. The van der Waals surface area contributed by atoms with Crippen molar-refractivity contribution in [3.8, 4) is 23.0 Å². The second-order valence-electron chi connectivity index (χ2n) is 12.8. The van der Waals surface area contributed by atoms with Gasteiger partial charge >= 0.3 is 5.97 Å². The van der Waals surface area contributed by atoms with Crippen LogP contribution in [0.15, 0.2) is 67.0 Å². The summed E-state index contributed by atoms with van der Waals surface area (Å²) in [5.41, 5.74) is 2.98. The number of nitrogens with zero attached hydrogens (tertiary/aromatic N) is 3. The Bertz CT molecular complexity index is 1690. The van der Waals surface area contributed by atoms with Crippen LogP contribution in [0.2, 0.25) is 0 Å². The van der Waals surface area contributed by atoms with Crippen LogP contribution in [0.5, 0.6) is 23.0 Å². The number of nitrogens with one attached hydrogen (secondary N) is 1. The van der Waals surface area contributed by atoms with Gasteiger partial charge in [0.05, 0.1) is 39.1 Å². The van der Waals surface area contributed by atoms with Gasteiger partial charge in [-0.3, -0.25) is 0 Å². The highest BCUT2D eigenvalue weighted by Crippen LogP contribution is 2.41. The molecule has 10 heteroatoms. The average molecular weight is 713 g/mol. The first-order valence-corrected chi connectivity index (χ1v) is 18.6. The van der Waals surface area contributed by atoms with Gasteiger partial charge in [0.25, 0.3) is 0 Å². The lowest BCUT2D eigenvalue weighted by Crippen LogP contribution is -2.28. The molecule has 3 aromatic carbocycles. The fraction of sp³-hybridized carbons (Fsp3) is 0.452. The summed E-state index contributed by atoms with van der Waals surface area (Å²) in [5.74, 6) is 2.29. The molecule has 0 aliphatic carbocycles. The number of esters is 1. The Labute approximate surface area is 309 Å². The zero-order chi connectivity index (χ0) is 37.0. The summed E-state index contributed by atoms with van der Waals surface area (Å²) in [6.07, 6.45) is 15.6. The van der Waals surface area contributed by atoms with Crippen LogP contribution in [-0.4, -0.2) is 68.4 Å². The second-order valence-corrected chi connectivity index (χ2v) is 12.8. The summed E-state index contributed by atoms with van der Waals surface area (Å²) in [5, 5.41) is 4.21. The van der Waals surface area contributed by atoms with Gasteiger partial charge in [-0.25, -0.2) is 14.8 Å². The summed E-state index contributed by atoms with van der Waals surface area (Å²) in [6, 6.07) is 17.4. The highest BCUT2D eigenvalue weighted by atomic mass is 16.5. The Morgan fingerprint density at radius 2 is 1.48 bits per heavy atom. The van der Waals surface area contributed by atoms with E-state index >= 15 is 0 Å². The number of fused-ring (bicyclic) bond motifs is 1. The number of methoxy groups -OCH3 is 3. The molecule has 0 spiro atoms. The van der Waals surface area contributed by atoms with E-state index in [0.29, 0.717) is 58.8 Å². The van der Waals surface area contributed by atoms with E-state index in [4.69, 9.17) is 23.7 Å². The Balaban J connectivity index is 1.58. The fourth-order valence-electron chi connectivity index (χ4n) is 5.97. The quantitative estimate of drug-likeness (QED) is 0.0429. The molecule has 0 fully saturated rings. The largest absolute Gasteiger partial charge is 0.493 e. The molecule has 4 rings (SSSR count). The third-order valence-electron chi connectivity index (χ3n) is 8.84. The zero-order valence-corrected chi connectivity index (χ0v) is 31.6. The summed E-state index contributed by atoms with van der Waals surface area (Å²) in [4.78, 5) is 23.7. The molecule has 1 heterocycles. The van der Waals surface area contributed by atoms with Crippen molar-refractivity contribution in [3.63, 3.8) is 0 Å². The zero-order valence-electron chi connectivity index (χ0n) is 31.6. The molecule has 10 nitrogen and oxygen atoms in total. The molecule has 4 aromatic rings. The van der Waals surface area contributed by atoms with Crippen molar-refractivity contribution in [2.75, 3.05) is 52.9 Å². The maximum Gasteiger partial charge on any atom is 0.330 e. The summed E-state index contributed by atoms with van der Waals surface area (Å²) < 4.78 is 29.0. The van der Waals surface area contributed by atoms with Gasteiger partial charge < -0.3 is 33.9 Å². The minimum atomic E-state index is -0.465. The van der Waals surface area contributed by atoms with Gasteiger partial charge in [-0.2, -0.15) is 0 Å². The van der Waals surface area contributed by atoms with Gasteiger partial charge in [0.2, 0.25) is 0 Å². The van der Waals surface area contributed by atoms with E-state index < -0.39 is 5.97 Å². The molecule has 0 saturated carbocycles. The molecular weight excluding hydrogens is 656 g/mol. The molecule has 0 aliphatic heterocycles. The Morgan fingerprint density at radius 3 is 2.15 bits per heavy atom. The van der Waals surface area contributed by atoms with E-state index in [9.17, 15) is 4.79 Å². The summed E-state index contributed by atoms with van der Waals surface area (Å²) in [6.45, 7) is 8.66. The smallest absolute Gasteiger partial charge is 0.330 e. The van der Waals surface area contributed by atoms with Crippen molar-refractivity contribution in [3.05, 3.63) is 78.1 Å². The minimum Gasteiger partial charge on any atom is -0.493 e. The first kappa shape index (κ1) is 39.9. The molecule has 0 unspecified atom stereocenters. The number of carbonyl (C=O) groups is 1. The molecule has 0 aliphatic rings. The fourth-order valence-corrected chi connectivity index (χ4v) is 5.97. The van der Waals surface area contributed by atoms with Crippen molar-refractivity contribution in [1.29, 1.82) is 0 Å². The third kappa shape index (κ3) is 12.4. The predicted molar refractivity (Wildman–Crippen MR) is 209 cm³/mol. The van der Waals surface area contributed by atoms with Crippen LogP contribution in [0, 0.1) is 0 Å². The van der Waals surface area contributed by atoms with E-state index in [0.717, 1.165) is 37.0 Å². The van der Waals surface area contributed by atoms with Crippen LogP contribution in [0.3, 0.4) is 0 Å². The lowest BCUT2D eigenvalue weighted by molar-refractivity contribution is -0.134. The highest BCUT2D eigenvalue weighted by molar-refractivity contribution is 5.94. The van der Waals surface area contributed by atoms with Crippen molar-refractivity contribution >= 4 is 34.5 Å². The van der Waals surface area contributed by atoms with Gasteiger partial charge in [0, 0.05) is 24.1 Å². The van der Waals surface area contributed by atoms with E-state index in [2.05, 4.69) is 34.0 Å². The number of aromatic nitrogens is 2. The number of ether oxygens (including phenoxy) is 5. The topological polar surface area (TPSA) is 104 Å². The molecular formula is C42H56N4O6. The van der Waals surface area contributed by atoms with Crippen molar-refractivity contribution in [1.82, 2.24) is 14.9 Å². The average Bonchev–Trinajstić information content (AvgIpc) is 3.17. The van der Waals surface area contributed by atoms with Gasteiger partial charge in [-0.05, 0) is 67.8 Å². The molecule has 0 atom stereocenters. The maximum absolute atomic E-state index is 11.9. The maximum atomic E-state index is 11.9. The highest BCUT2D eigenvalue weighted by Gasteiger charge is 2.18. The van der Waals surface area contributed by atoms with Gasteiger partial charge in [-0.15, -0.1) is 0 Å². The lowest BCUT2D eigenvalue weighted by atomic mass is 10.1. The van der Waals surface area contributed by atoms with E-state index in [1.54, 1.807) is 26.4 Å². The molecule has 1 aromatic heterocycles. The van der Waals surface area contributed by atoms with E-state index in [1.807, 2.05) is 48.5 Å². The summed E-state index contributed by atoms with van der Waals surface area (Å²) >= 11 is 0. The molecule has 0 radical (unpaired) electrons. The minimum absolute atomic E-state index is 0.317. The van der Waals surface area contributed by atoms with E-state index in [-0.39, 0.29) is 0 Å². The van der Waals surface area contributed by atoms with Crippen LogP contribution >= 0.6 is 0 Å². The van der Waals surface area contributed by atoms with Crippen molar-refractivity contribution < 1.29 is 28.5 Å². The SMILES string of the molecule is CCCCCCN(CCCCCC)CCCOc1cc2c(Nc3cc(/C=C/C(=O)OC)cc(OC)c3OCc3ccccc3)ncnc2cc1OC.